The van der Waals surface area contributed by atoms with Gasteiger partial charge in [-0.05, 0) is 61.5 Å². The van der Waals surface area contributed by atoms with Crippen molar-refractivity contribution in [1.82, 2.24) is 10.3 Å². The molecule has 1 N–H and O–H groups in total. The van der Waals surface area contributed by atoms with Crippen LogP contribution < -0.4 is 10.2 Å². The van der Waals surface area contributed by atoms with Gasteiger partial charge in [0.2, 0.25) is 0 Å². The molecule has 0 aliphatic carbocycles. The third kappa shape index (κ3) is 4.45. The molecule has 0 radical (unpaired) electrons. The molecule has 0 aromatic carbocycles. The summed E-state index contributed by atoms with van der Waals surface area (Å²) >= 11 is 3.54. The second-order valence-corrected chi connectivity index (χ2v) is 7.85. The SMILES string of the molecule is CC1CCCN(c2ncc(Br)cc2CNC(C)(C)C)C1. The van der Waals surface area contributed by atoms with E-state index in [9.17, 15) is 0 Å². The van der Waals surface area contributed by atoms with Crippen molar-refractivity contribution in [3.63, 3.8) is 0 Å². The van der Waals surface area contributed by atoms with Gasteiger partial charge in [-0.15, -0.1) is 0 Å². The summed E-state index contributed by atoms with van der Waals surface area (Å²) in [4.78, 5) is 7.12. The topological polar surface area (TPSA) is 28.2 Å². The second-order valence-electron chi connectivity index (χ2n) is 6.93. The first kappa shape index (κ1) is 15.8. The number of nitrogens with zero attached hydrogens (tertiary/aromatic N) is 2. The van der Waals surface area contributed by atoms with E-state index in [1.54, 1.807) is 0 Å². The van der Waals surface area contributed by atoms with Crippen LogP contribution in [-0.2, 0) is 6.54 Å². The Balaban J connectivity index is 2.18. The van der Waals surface area contributed by atoms with Gasteiger partial charge in [0.25, 0.3) is 0 Å². The number of halogens is 1. The van der Waals surface area contributed by atoms with Gasteiger partial charge in [0, 0.05) is 41.4 Å². The van der Waals surface area contributed by atoms with Crippen molar-refractivity contribution < 1.29 is 0 Å². The summed E-state index contributed by atoms with van der Waals surface area (Å²) in [6, 6.07) is 2.19. The Morgan fingerprint density at radius 1 is 1.45 bits per heavy atom. The Bertz CT molecular complexity index is 454. The summed E-state index contributed by atoms with van der Waals surface area (Å²) in [7, 11) is 0. The van der Waals surface area contributed by atoms with Crippen molar-refractivity contribution in [2.24, 2.45) is 5.92 Å². The molecule has 0 bridgehead atoms. The molecule has 2 heterocycles. The highest BCUT2D eigenvalue weighted by Crippen LogP contribution is 2.26. The van der Waals surface area contributed by atoms with Gasteiger partial charge < -0.3 is 10.2 Å². The molecule has 4 heteroatoms. The van der Waals surface area contributed by atoms with Crippen molar-refractivity contribution in [2.45, 2.75) is 52.6 Å². The fourth-order valence-corrected chi connectivity index (χ4v) is 3.01. The van der Waals surface area contributed by atoms with E-state index in [1.807, 2.05) is 6.20 Å². The predicted octanol–water partition coefficient (Wildman–Crippen LogP) is 3.97. The number of aromatic nitrogens is 1. The maximum atomic E-state index is 4.68. The molecule has 1 fully saturated rings. The van der Waals surface area contributed by atoms with Gasteiger partial charge in [-0.3, -0.25) is 0 Å². The Labute approximate surface area is 131 Å². The third-order valence-corrected chi connectivity index (χ3v) is 4.11. The van der Waals surface area contributed by atoms with Crippen LogP contribution in [0.2, 0.25) is 0 Å². The van der Waals surface area contributed by atoms with E-state index in [1.165, 1.54) is 18.4 Å². The van der Waals surface area contributed by atoms with Crippen LogP contribution >= 0.6 is 15.9 Å². The maximum absolute atomic E-state index is 4.68. The molecule has 2 rings (SSSR count). The quantitative estimate of drug-likeness (QED) is 0.902. The fraction of sp³-hybridized carbons (Fsp3) is 0.688. The first-order valence-electron chi connectivity index (χ1n) is 7.49. The highest BCUT2D eigenvalue weighted by molar-refractivity contribution is 9.10. The van der Waals surface area contributed by atoms with E-state index in [-0.39, 0.29) is 5.54 Å². The largest absolute Gasteiger partial charge is 0.356 e. The minimum Gasteiger partial charge on any atom is -0.356 e. The first-order chi connectivity index (χ1) is 9.35. The zero-order valence-corrected chi connectivity index (χ0v) is 14.6. The van der Waals surface area contributed by atoms with Crippen LogP contribution in [0.15, 0.2) is 16.7 Å². The molecule has 1 saturated heterocycles. The van der Waals surface area contributed by atoms with Crippen molar-refractivity contribution in [3.8, 4) is 0 Å². The number of rotatable bonds is 3. The van der Waals surface area contributed by atoms with Gasteiger partial charge in [-0.25, -0.2) is 4.98 Å². The van der Waals surface area contributed by atoms with Crippen LogP contribution in [0.3, 0.4) is 0 Å². The van der Waals surface area contributed by atoms with Gasteiger partial charge in [0.15, 0.2) is 0 Å². The molecule has 1 aromatic rings. The van der Waals surface area contributed by atoms with Gasteiger partial charge in [-0.1, -0.05) is 6.92 Å². The monoisotopic (exact) mass is 339 g/mol. The Morgan fingerprint density at radius 2 is 2.20 bits per heavy atom. The molecule has 0 amide bonds. The van der Waals surface area contributed by atoms with E-state index >= 15 is 0 Å². The fourth-order valence-electron chi connectivity index (χ4n) is 2.63. The Morgan fingerprint density at radius 3 is 2.85 bits per heavy atom. The van der Waals surface area contributed by atoms with E-state index in [2.05, 4.69) is 64.9 Å². The van der Waals surface area contributed by atoms with Gasteiger partial charge in [-0.2, -0.15) is 0 Å². The summed E-state index contributed by atoms with van der Waals surface area (Å²) in [5.74, 6) is 1.91. The molecule has 3 nitrogen and oxygen atoms in total. The summed E-state index contributed by atoms with van der Waals surface area (Å²) in [5.41, 5.74) is 1.40. The molecule has 0 spiro atoms. The van der Waals surface area contributed by atoms with Crippen LogP contribution in [0.25, 0.3) is 0 Å². The lowest BCUT2D eigenvalue weighted by molar-refractivity contribution is 0.420. The van der Waals surface area contributed by atoms with E-state index < -0.39 is 0 Å². The molecule has 1 unspecified atom stereocenters. The molecule has 1 aliphatic rings. The Kier molecular flexibility index (Phi) is 5.08. The van der Waals surface area contributed by atoms with E-state index in [4.69, 9.17) is 0 Å². The summed E-state index contributed by atoms with van der Waals surface area (Å²) in [6.07, 6.45) is 4.52. The predicted molar refractivity (Wildman–Crippen MR) is 89.1 cm³/mol. The molecule has 1 aromatic heterocycles. The normalized spacial score (nSPS) is 20.2. The van der Waals surface area contributed by atoms with Crippen LogP contribution in [0.4, 0.5) is 5.82 Å². The number of nitrogens with one attached hydrogen (secondary N) is 1. The third-order valence-electron chi connectivity index (χ3n) is 3.68. The van der Waals surface area contributed by atoms with Crippen LogP contribution in [0.5, 0.6) is 0 Å². The molecule has 1 atom stereocenters. The standard InChI is InChI=1S/C16H26BrN3/c1-12-6-5-7-20(11-12)15-13(8-14(17)10-18-15)9-19-16(2,3)4/h8,10,12,19H,5-7,9,11H2,1-4H3. The van der Waals surface area contributed by atoms with Crippen LogP contribution in [0.1, 0.15) is 46.1 Å². The van der Waals surface area contributed by atoms with Crippen molar-refractivity contribution in [2.75, 3.05) is 18.0 Å². The number of piperidine rings is 1. The average Bonchev–Trinajstić information content (AvgIpc) is 2.35. The van der Waals surface area contributed by atoms with Gasteiger partial charge in [0.1, 0.15) is 5.82 Å². The highest BCUT2D eigenvalue weighted by Gasteiger charge is 2.21. The van der Waals surface area contributed by atoms with Crippen LogP contribution in [0, 0.1) is 5.92 Å². The molecular weight excluding hydrogens is 314 g/mol. The van der Waals surface area contributed by atoms with Crippen molar-refractivity contribution in [3.05, 3.63) is 22.3 Å². The number of pyridine rings is 1. The summed E-state index contributed by atoms with van der Waals surface area (Å²) < 4.78 is 1.05. The minimum atomic E-state index is 0.120. The number of hydrogen-bond donors (Lipinski definition) is 1. The van der Waals surface area contributed by atoms with Crippen molar-refractivity contribution in [1.29, 1.82) is 0 Å². The average molecular weight is 340 g/mol. The van der Waals surface area contributed by atoms with Gasteiger partial charge >= 0.3 is 0 Å². The lowest BCUT2D eigenvalue weighted by Crippen LogP contribution is -2.38. The zero-order valence-electron chi connectivity index (χ0n) is 13.0. The molecule has 20 heavy (non-hydrogen) atoms. The second kappa shape index (κ2) is 6.44. The van der Waals surface area contributed by atoms with Crippen LogP contribution in [-0.4, -0.2) is 23.6 Å². The first-order valence-corrected chi connectivity index (χ1v) is 8.29. The van der Waals surface area contributed by atoms with Gasteiger partial charge in [0.05, 0.1) is 0 Å². The summed E-state index contributed by atoms with van der Waals surface area (Å²) in [5, 5.41) is 3.57. The number of anilines is 1. The Hall–Kier alpha value is -0.610. The number of hydrogen-bond acceptors (Lipinski definition) is 3. The summed E-state index contributed by atoms with van der Waals surface area (Å²) in [6.45, 7) is 12.0. The molecular formula is C16H26BrN3. The molecule has 112 valence electrons. The molecule has 1 aliphatic heterocycles. The van der Waals surface area contributed by atoms with E-state index in [0.717, 1.165) is 35.8 Å². The lowest BCUT2D eigenvalue weighted by atomic mass is 10.00. The van der Waals surface area contributed by atoms with Crippen molar-refractivity contribution >= 4 is 21.7 Å². The zero-order chi connectivity index (χ0) is 14.8. The smallest absolute Gasteiger partial charge is 0.133 e. The maximum Gasteiger partial charge on any atom is 0.133 e. The van der Waals surface area contributed by atoms with E-state index in [0.29, 0.717) is 0 Å². The highest BCUT2D eigenvalue weighted by atomic mass is 79.9. The lowest BCUT2D eigenvalue weighted by Gasteiger charge is -2.33. The molecule has 0 saturated carbocycles. The minimum absolute atomic E-state index is 0.120.